The maximum atomic E-state index is 12.1. The number of carbonyl (C=O) groups excluding carboxylic acids is 2. The van der Waals surface area contributed by atoms with E-state index < -0.39 is 0 Å². The van der Waals surface area contributed by atoms with E-state index in [4.69, 9.17) is 11.6 Å². The van der Waals surface area contributed by atoms with Crippen LogP contribution < -0.4 is 21.3 Å². The first-order chi connectivity index (χ1) is 14.9. The average Bonchev–Trinajstić information content (AvgIpc) is 3.00. The molecule has 10 heteroatoms. The van der Waals surface area contributed by atoms with Crippen LogP contribution >= 0.6 is 22.9 Å². The molecular formula is C21H21ClN6O2S. The van der Waals surface area contributed by atoms with Crippen LogP contribution in [0.4, 0.5) is 23.1 Å². The van der Waals surface area contributed by atoms with Crippen molar-refractivity contribution in [2.24, 2.45) is 0 Å². The number of halogens is 1. The first-order valence-corrected chi connectivity index (χ1v) is 11.0. The lowest BCUT2D eigenvalue weighted by Gasteiger charge is -2.12. The second kappa shape index (κ2) is 8.91. The lowest BCUT2D eigenvalue weighted by molar-refractivity contribution is -0.120. The van der Waals surface area contributed by atoms with Crippen LogP contribution in [0.5, 0.6) is 0 Å². The Morgan fingerprint density at radius 1 is 1.26 bits per heavy atom. The number of hydrogen-bond donors (Lipinski definition) is 4. The van der Waals surface area contributed by atoms with Crippen molar-refractivity contribution < 1.29 is 9.59 Å². The molecular weight excluding hydrogens is 436 g/mol. The fourth-order valence-electron chi connectivity index (χ4n) is 3.33. The van der Waals surface area contributed by atoms with E-state index in [1.165, 1.54) is 17.5 Å². The van der Waals surface area contributed by atoms with E-state index >= 15 is 0 Å². The number of amides is 2. The van der Waals surface area contributed by atoms with Crippen molar-refractivity contribution in [1.82, 2.24) is 20.6 Å². The molecule has 3 aromatic rings. The van der Waals surface area contributed by atoms with Gasteiger partial charge in [-0.2, -0.15) is 4.98 Å². The van der Waals surface area contributed by atoms with Crippen molar-refractivity contribution >= 4 is 57.9 Å². The van der Waals surface area contributed by atoms with Gasteiger partial charge in [0.15, 0.2) is 5.82 Å². The molecule has 0 fully saturated rings. The highest BCUT2D eigenvalue weighted by atomic mass is 35.5. The summed E-state index contributed by atoms with van der Waals surface area (Å²) in [4.78, 5) is 33.3. The van der Waals surface area contributed by atoms with Gasteiger partial charge in [0, 0.05) is 19.3 Å². The molecule has 1 aliphatic heterocycles. The number of anilines is 4. The van der Waals surface area contributed by atoms with Crippen molar-refractivity contribution in [3.8, 4) is 0 Å². The Morgan fingerprint density at radius 2 is 2.10 bits per heavy atom. The van der Waals surface area contributed by atoms with E-state index in [2.05, 4.69) is 31.2 Å². The number of aryl methyl sites for hydroxylation is 1. The summed E-state index contributed by atoms with van der Waals surface area (Å²) in [7, 11) is 1.59. The number of carbonyl (C=O) groups is 2. The monoisotopic (exact) mass is 456 g/mol. The molecule has 0 bridgehead atoms. The van der Waals surface area contributed by atoms with Gasteiger partial charge in [-0.25, -0.2) is 4.98 Å². The Kier molecular flexibility index (Phi) is 6.06. The Morgan fingerprint density at radius 3 is 2.90 bits per heavy atom. The van der Waals surface area contributed by atoms with E-state index in [9.17, 15) is 9.59 Å². The molecule has 4 rings (SSSR count). The maximum Gasteiger partial charge on any atom is 0.263 e. The quantitative estimate of drug-likeness (QED) is 0.467. The Balaban J connectivity index is 1.59. The van der Waals surface area contributed by atoms with Crippen LogP contribution in [0.15, 0.2) is 29.8 Å². The lowest BCUT2D eigenvalue weighted by Crippen LogP contribution is -2.24. The minimum atomic E-state index is -0.182. The molecule has 8 nitrogen and oxygen atoms in total. The van der Waals surface area contributed by atoms with Crippen molar-refractivity contribution in [1.29, 1.82) is 0 Å². The van der Waals surface area contributed by atoms with E-state index in [-0.39, 0.29) is 11.8 Å². The van der Waals surface area contributed by atoms with E-state index in [0.717, 1.165) is 28.8 Å². The number of thiophene rings is 1. The molecule has 0 atom stereocenters. The van der Waals surface area contributed by atoms with Crippen molar-refractivity contribution in [2.75, 3.05) is 24.2 Å². The first kappa shape index (κ1) is 21.1. The predicted molar refractivity (Wildman–Crippen MR) is 123 cm³/mol. The third kappa shape index (κ3) is 4.62. The van der Waals surface area contributed by atoms with Gasteiger partial charge in [0.1, 0.15) is 9.90 Å². The number of fused-ring (bicyclic) bond motifs is 1. The molecule has 1 aromatic carbocycles. The highest BCUT2D eigenvalue weighted by molar-refractivity contribution is 7.12. The highest BCUT2D eigenvalue weighted by Gasteiger charge is 2.18. The van der Waals surface area contributed by atoms with Gasteiger partial charge in [0.2, 0.25) is 11.9 Å². The number of hydrogen-bond acceptors (Lipinski definition) is 7. The number of rotatable bonds is 5. The molecule has 0 saturated heterocycles. The van der Waals surface area contributed by atoms with Gasteiger partial charge in [-0.05, 0) is 47.5 Å². The Labute approximate surface area is 188 Å². The summed E-state index contributed by atoms with van der Waals surface area (Å²) >= 11 is 7.65. The van der Waals surface area contributed by atoms with Crippen LogP contribution in [-0.2, 0) is 17.6 Å². The van der Waals surface area contributed by atoms with Crippen LogP contribution in [0.25, 0.3) is 0 Å². The zero-order valence-corrected chi connectivity index (χ0v) is 18.6. The summed E-state index contributed by atoms with van der Waals surface area (Å²) in [5.41, 5.74) is 4.48. The van der Waals surface area contributed by atoms with Gasteiger partial charge in [-0.15, -0.1) is 11.3 Å². The summed E-state index contributed by atoms with van der Waals surface area (Å²) in [5.74, 6) is 0.570. The fraction of sp³-hybridized carbons (Fsp3) is 0.238. The molecule has 0 aliphatic carbocycles. The summed E-state index contributed by atoms with van der Waals surface area (Å²) in [6, 6.07) is 5.89. The second-order valence-corrected chi connectivity index (χ2v) is 8.39. The zero-order chi connectivity index (χ0) is 22.0. The molecule has 0 spiro atoms. The standard InChI is InChI=1S/C21H21ClN6O2S/c1-11-10-31-18(20(30)23-2)17(11)27-19-15(22)9-25-21(28-19)26-14-4-3-12-5-6-24-16(29)8-13(12)7-14/h3-4,7,9-10H,5-6,8H2,1-2H3,(H,23,30)(H,24,29)(H2,25,26,27,28). The minimum absolute atomic E-state index is 0.0168. The van der Waals surface area contributed by atoms with E-state index in [1.54, 1.807) is 7.05 Å². The Bertz CT molecular complexity index is 1160. The van der Waals surface area contributed by atoms with Crippen molar-refractivity contribution in [3.63, 3.8) is 0 Å². The topological polar surface area (TPSA) is 108 Å². The van der Waals surface area contributed by atoms with Crippen LogP contribution in [-0.4, -0.2) is 35.4 Å². The fourth-order valence-corrected chi connectivity index (χ4v) is 4.42. The van der Waals surface area contributed by atoms with Crippen LogP contribution in [0, 0.1) is 6.92 Å². The van der Waals surface area contributed by atoms with Gasteiger partial charge in [-0.1, -0.05) is 17.7 Å². The third-order valence-corrected chi connectivity index (χ3v) is 6.30. The summed E-state index contributed by atoms with van der Waals surface area (Å²) in [6.07, 6.45) is 2.65. The maximum absolute atomic E-state index is 12.1. The van der Waals surface area contributed by atoms with Gasteiger partial charge in [0.25, 0.3) is 5.91 Å². The molecule has 160 valence electrons. The molecule has 31 heavy (non-hydrogen) atoms. The van der Waals surface area contributed by atoms with Gasteiger partial charge in [0.05, 0.1) is 18.3 Å². The smallest absolute Gasteiger partial charge is 0.263 e. The summed E-state index contributed by atoms with van der Waals surface area (Å²) < 4.78 is 0. The van der Waals surface area contributed by atoms with Crippen LogP contribution in [0.1, 0.15) is 26.4 Å². The molecule has 0 radical (unpaired) electrons. The first-order valence-electron chi connectivity index (χ1n) is 9.70. The molecule has 3 heterocycles. The van der Waals surface area contributed by atoms with Crippen molar-refractivity contribution in [2.45, 2.75) is 19.8 Å². The summed E-state index contributed by atoms with van der Waals surface area (Å²) in [5, 5.41) is 14.1. The second-order valence-electron chi connectivity index (χ2n) is 7.10. The average molecular weight is 457 g/mol. The number of nitrogens with one attached hydrogen (secondary N) is 4. The highest BCUT2D eigenvalue weighted by Crippen LogP contribution is 2.33. The predicted octanol–water partition coefficient (Wildman–Crippen LogP) is 3.56. The number of benzene rings is 1. The molecule has 1 aliphatic rings. The van der Waals surface area contributed by atoms with Gasteiger partial charge < -0.3 is 21.3 Å². The number of nitrogens with zero attached hydrogens (tertiary/aromatic N) is 2. The lowest BCUT2D eigenvalue weighted by atomic mass is 10.0. The van der Waals surface area contributed by atoms with E-state index in [1.807, 2.05) is 30.5 Å². The summed E-state index contributed by atoms with van der Waals surface area (Å²) in [6.45, 7) is 2.55. The van der Waals surface area contributed by atoms with E-state index in [0.29, 0.717) is 40.3 Å². The molecule has 2 aromatic heterocycles. The minimum Gasteiger partial charge on any atom is -0.355 e. The Hall–Kier alpha value is -3.17. The SMILES string of the molecule is CNC(=O)c1scc(C)c1Nc1nc(Nc2ccc3c(c2)CC(=O)NCC3)ncc1Cl. The van der Waals surface area contributed by atoms with Crippen molar-refractivity contribution in [3.05, 3.63) is 56.4 Å². The van der Waals surface area contributed by atoms with Gasteiger partial charge in [-0.3, -0.25) is 9.59 Å². The molecule has 0 saturated carbocycles. The normalized spacial score (nSPS) is 13.1. The molecule has 2 amide bonds. The molecule has 0 unspecified atom stereocenters. The van der Waals surface area contributed by atoms with Crippen LogP contribution in [0.3, 0.4) is 0 Å². The zero-order valence-electron chi connectivity index (χ0n) is 17.0. The van der Waals surface area contributed by atoms with Gasteiger partial charge >= 0.3 is 0 Å². The van der Waals surface area contributed by atoms with Crippen LogP contribution in [0.2, 0.25) is 5.02 Å². The largest absolute Gasteiger partial charge is 0.355 e. The third-order valence-electron chi connectivity index (χ3n) is 4.93. The molecule has 4 N–H and O–H groups in total. The number of aromatic nitrogens is 2.